The molecule has 0 radical (unpaired) electrons. The minimum Gasteiger partial charge on any atom is -0.497 e. The van der Waals surface area contributed by atoms with E-state index in [0.717, 1.165) is 6.08 Å². The molecule has 4 rings (SSSR count). The van der Waals surface area contributed by atoms with E-state index < -0.39 is 23.9 Å². The molecular weight excluding hydrogens is 592 g/mol. The molecule has 4 aromatic rings. The van der Waals surface area contributed by atoms with Crippen molar-refractivity contribution in [3.63, 3.8) is 0 Å². The maximum Gasteiger partial charge on any atom is 0.343 e. The van der Waals surface area contributed by atoms with E-state index in [1.807, 2.05) is 0 Å². The van der Waals surface area contributed by atoms with Crippen LogP contribution in [0.5, 0.6) is 28.7 Å². The second-order valence-corrected chi connectivity index (χ2v) is 9.80. The third-order valence-electron chi connectivity index (χ3n) is 6.49. The lowest BCUT2D eigenvalue weighted by Crippen LogP contribution is -2.11. The number of aryl methyl sites for hydroxylation is 1. The Kier molecular flexibility index (Phi) is 11.7. The molecule has 0 N–H and O–H groups in total. The van der Waals surface area contributed by atoms with Gasteiger partial charge in [0.05, 0.1) is 37.0 Å². The summed E-state index contributed by atoms with van der Waals surface area (Å²) in [5.41, 5.74) is 1.52. The number of carbonyl (C=O) groups excluding carboxylic acids is 4. The molecule has 0 heterocycles. The molecule has 0 unspecified atom stereocenters. The second kappa shape index (κ2) is 16.2. The lowest BCUT2D eigenvalue weighted by Gasteiger charge is -2.10. The lowest BCUT2D eigenvalue weighted by molar-refractivity contribution is -0.137. The van der Waals surface area contributed by atoms with Gasteiger partial charge in [0.1, 0.15) is 28.7 Å². The first-order valence-corrected chi connectivity index (χ1v) is 14.3. The molecule has 10 nitrogen and oxygen atoms in total. The van der Waals surface area contributed by atoms with Gasteiger partial charge in [0.2, 0.25) is 0 Å². The van der Waals surface area contributed by atoms with E-state index in [9.17, 15) is 19.2 Å². The van der Waals surface area contributed by atoms with Crippen LogP contribution in [0.25, 0.3) is 0 Å². The Hall–Kier alpha value is -5.90. The van der Waals surface area contributed by atoms with Crippen LogP contribution < -0.4 is 23.7 Å². The van der Waals surface area contributed by atoms with Crippen LogP contribution in [0.1, 0.15) is 49.5 Å². The molecule has 4 aromatic carbocycles. The molecule has 0 saturated heterocycles. The van der Waals surface area contributed by atoms with Crippen molar-refractivity contribution in [3.8, 4) is 28.7 Å². The Labute approximate surface area is 266 Å². The first-order chi connectivity index (χ1) is 22.2. The predicted molar refractivity (Wildman–Crippen MR) is 168 cm³/mol. The fraction of sp³-hybridized carbons (Fsp3) is 0.167. The van der Waals surface area contributed by atoms with E-state index in [-0.39, 0.29) is 17.1 Å². The largest absolute Gasteiger partial charge is 0.497 e. The highest BCUT2D eigenvalue weighted by atomic mass is 16.5. The van der Waals surface area contributed by atoms with Crippen LogP contribution in [-0.4, -0.2) is 44.2 Å². The highest BCUT2D eigenvalue weighted by molar-refractivity contribution is 5.93. The average molecular weight is 625 g/mol. The van der Waals surface area contributed by atoms with Gasteiger partial charge in [0, 0.05) is 6.08 Å². The van der Waals surface area contributed by atoms with Gasteiger partial charge in [-0.05, 0) is 116 Å². The predicted octanol–water partition coefficient (Wildman–Crippen LogP) is 6.55. The van der Waals surface area contributed by atoms with Crippen molar-refractivity contribution in [1.29, 1.82) is 0 Å². The molecule has 236 valence electrons. The standard InChI is InChI=1S/C36H32O10/c1-4-33(37)43-22-6-5-21-42-29-15-9-25(10-16-29)34(38)44-30-17-11-26(12-18-30)35(39)45-31-19-20-32(24(2)23-31)46-36(40)27-7-13-28(41-3)14-8-27/h4,7-20,23H,1,5-6,21-22H2,2-3H3. The molecule has 0 aliphatic carbocycles. The minimum atomic E-state index is -0.617. The van der Waals surface area contributed by atoms with Gasteiger partial charge in [-0.25, -0.2) is 19.2 Å². The van der Waals surface area contributed by atoms with E-state index >= 15 is 0 Å². The van der Waals surface area contributed by atoms with E-state index in [1.54, 1.807) is 67.6 Å². The van der Waals surface area contributed by atoms with Gasteiger partial charge in [0.25, 0.3) is 0 Å². The minimum absolute atomic E-state index is 0.243. The van der Waals surface area contributed by atoms with Crippen LogP contribution >= 0.6 is 0 Å². The summed E-state index contributed by atoms with van der Waals surface area (Å²) in [6.45, 7) is 5.79. The number of carbonyl (C=O) groups is 4. The van der Waals surface area contributed by atoms with Crippen molar-refractivity contribution in [1.82, 2.24) is 0 Å². The quantitative estimate of drug-likeness (QED) is 0.0660. The number of hydrogen-bond donors (Lipinski definition) is 0. The van der Waals surface area contributed by atoms with Crippen LogP contribution in [0, 0.1) is 6.92 Å². The summed E-state index contributed by atoms with van der Waals surface area (Å²) in [6, 6.07) is 23.6. The Balaban J connectivity index is 1.24. The fourth-order valence-corrected chi connectivity index (χ4v) is 3.99. The smallest absolute Gasteiger partial charge is 0.343 e. The molecule has 10 heteroatoms. The highest BCUT2D eigenvalue weighted by Crippen LogP contribution is 2.26. The molecule has 0 bridgehead atoms. The molecule has 0 amide bonds. The van der Waals surface area contributed by atoms with Gasteiger partial charge < -0.3 is 28.4 Å². The third-order valence-corrected chi connectivity index (χ3v) is 6.49. The summed E-state index contributed by atoms with van der Waals surface area (Å²) in [5.74, 6) is -0.125. The number of methoxy groups -OCH3 is 1. The summed E-state index contributed by atoms with van der Waals surface area (Å²) in [5, 5.41) is 0. The zero-order valence-corrected chi connectivity index (χ0v) is 25.4. The Bertz CT molecular complexity index is 1670. The van der Waals surface area contributed by atoms with Crippen LogP contribution in [-0.2, 0) is 9.53 Å². The first kappa shape index (κ1) is 33.0. The van der Waals surface area contributed by atoms with Crippen molar-refractivity contribution in [2.75, 3.05) is 20.3 Å². The van der Waals surface area contributed by atoms with Gasteiger partial charge in [-0.15, -0.1) is 0 Å². The third kappa shape index (κ3) is 9.55. The summed E-state index contributed by atoms with van der Waals surface area (Å²) in [4.78, 5) is 48.8. The zero-order chi connectivity index (χ0) is 32.9. The molecule has 0 aliphatic heterocycles. The highest BCUT2D eigenvalue weighted by Gasteiger charge is 2.15. The summed E-state index contributed by atoms with van der Waals surface area (Å²) in [7, 11) is 1.54. The summed E-state index contributed by atoms with van der Waals surface area (Å²) >= 11 is 0. The molecule has 0 aromatic heterocycles. The fourth-order valence-electron chi connectivity index (χ4n) is 3.99. The number of ether oxygens (including phenoxy) is 6. The summed E-state index contributed by atoms with van der Waals surface area (Å²) < 4.78 is 32.0. The second-order valence-electron chi connectivity index (χ2n) is 9.80. The molecule has 0 fully saturated rings. The van der Waals surface area contributed by atoms with Gasteiger partial charge in [-0.1, -0.05) is 6.58 Å². The van der Waals surface area contributed by atoms with Crippen molar-refractivity contribution in [2.24, 2.45) is 0 Å². The van der Waals surface area contributed by atoms with E-state index in [0.29, 0.717) is 60.0 Å². The number of rotatable bonds is 14. The van der Waals surface area contributed by atoms with E-state index in [1.165, 1.54) is 37.4 Å². The van der Waals surface area contributed by atoms with E-state index in [2.05, 4.69) is 6.58 Å². The van der Waals surface area contributed by atoms with E-state index in [4.69, 9.17) is 28.4 Å². The van der Waals surface area contributed by atoms with Crippen LogP contribution in [0.2, 0.25) is 0 Å². The maximum absolute atomic E-state index is 12.7. The Morgan fingerprint density at radius 2 is 1.09 bits per heavy atom. The Morgan fingerprint density at radius 1 is 0.609 bits per heavy atom. The van der Waals surface area contributed by atoms with Gasteiger partial charge in [0.15, 0.2) is 0 Å². The molecule has 0 saturated carbocycles. The molecule has 46 heavy (non-hydrogen) atoms. The molecule has 0 aliphatic rings. The SMILES string of the molecule is C=CC(=O)OCCCCOc1ccc(C(=O)Oc2ccc(C(=O)Oc3ccc(OC(=O)c4ccc(OC)cc4)c(C)c3)cc2)cc1. The monoisotopic (exact) mass is 624 g/mol. The van der Waals surface area contributed by atoms with Crippen molar-refractivity contribution < 1.29 is 47.6 Å². The first-order valence-electron chi connectivity index (χ1n) is 14.3. The molecule has 0 atom stereocenters. The summed E-state index contributed by atoms with van der Waals surface area (Å²) in [6.07, 6.45) is 2.46. The van der Waals surface area contributed by atoms with Gasteiger partial charge in [-0.3, -0.25) is 0 Å². The van der Waals surface area contributed by atoms with Crippen LogP contribution in [0.15, 0.2) is 104 Å². The molecular formula is C36H32O10. The Morgan fingerprint density at radius 3 is 1.63 bits per heavy atom. The average Bonchev–Trinajstić information content (AvgIpc) is 3.07. The number of esters is 4. The molecule has 0 spiro atoms. The number of hydrogen-bond acceptors (Lipinski definition) is 10. The number of benzene rings is 4. The van der Waals surface area contributed by atoms with Crippen molar-refractivity contribution >= 4 is 23.9 Å². The normalized spacial score (nSPS) is 10.3. The maximum atomic E-state index is 12.7. The van der Waals surface area contributed by atoms with Crippen LogP contribution in [0.4, 0.5) is 0 Å². The lowest BCUT2D eigenvalue weighted by atomic mass is 10.2. The van der Waals surface area contributed by atoms with Crippen molar-refractivity contribution in [2.45, 2.75) is 19.8 Å². The van der Waals surface area contributed by atoms with Crippen molar-refractivity contribution in [3.05, 3.63) is 126 Å². The van der Waals surface area contributed by atoms with Gasteiger partial charge in [-0.2, -0.15) is 0 Å². The van der Waals surface area contributed by atoms with Gasteiger partial charge >= 0.3 is 23.9 Å². The number of unbranched alkanes of at least 4 members (excludes halogenated alkanes) is 1. The van der Waals surface area contributed by atoms with Crippen LogP contribution in [0.3, 0.4) is 0 Å². The topological polar surface area (TPSA) is 124 Å². The zero-order valence-electron chi connectivity index (χ0n) is 25.4.